The lowest BCUT2D eigenvalue weighted by atomic mass is 9.99. The first kappa shape index (κ1) is 23.9. The molecule has 1 amide bonds. The molecule has 1 heterocycles. The predicted octanol–water partition coefficient (Wildman–Crippen LogP) is 2.55. The van der Waals surface area contributed by atoms with Crippen molar-refractivity contribution in [2.75, 3.05) is 18.8 Å². The Kier molecular flexibility index (Phi) is 9.21. The summed E-state index contributed by atoms with van der Waals surface area (Å²) in [6, 6.07) is 7.15. The van der Waals surface area contributed by atoms with Crippen LogP contribution >= 0.6 is 12.4 Å². The van der Waals surface area contributed by atoms with Gasteiger partial charge in [-0.1, -0.05) is 45.0 Å². The fourth-order valence-electron chi connectivity index (χ4n) is 3.28. The summed E-state index contributed by atoms with van der Waals surface area (Å²) in [5.74, 6) is 0.285. The Morgan fingerprint density at radius 1 is 1.26 bits per heavy atom. The molecule has 0 radical (unpaired) electrons. The average molecular weight is 418 g/mol. The molecule has 1 aromatic carbocycles. The lowest BCUT2D eigenvalue weighted by molar-refractivity contribution is -0.124. The van der Waals surface area contributed by atoms with Gasteiger partial charge in [0.15, 0.2) is 0 Å². The molecule has 0 bridgehead atoms. The fourth-order valence-corrected chi connectivity index (χ4v) is 5.03. The van der Waals surface area contributed by atoms with Crippen molar-refractivity contribution in [2.45, 2.75) is 58.0 Å². The van der Waals surface area contributed by atoms with Crippen LogP contribution in [0.15, 0.2) is 24.3 Å². The molecule has 1 fully saturated rings. The maximum atomic E-state index is 12.5. The molecule has 2 unspecified atom stereocenters. The zero-order valence-corrected chi connectivity index (χ0v) is 18.0. The first-order valence-corrected chi connectivity index (χ1v) is 11.0. The normalized spacial score (nSPS) is 18.9. The highest BCUT2D eigenvalue weighted by molar-refractivity contribution is 7.89. The van der Waals surface area contributed by atoms with Crippen molar-refractivity contribution in [3.05, 3.63) is 35.4 Å². The smallest absolute Gasteiger partial charge is 0.238 e. The number of carbonyl (C=O) groups excluding carboxylic acids is 1. The number of nitrogens with zero attached hydrogens (tertiary/aromatic N) is 1. The average Bonchev–Trinajstić information content (AvgIpc) is 3.10. The third-order valence-corrected chi connectivity index (χ3v) is 6.93. The van der Waals surface area contributed by atoms with Crippen LogP contribution in [0.25, 0.3) is 0 Å². The van der Waals surface area contributed by atoms with E-state index in [2.05, 4.69) is 31.3 Å². The molecule has 1 aliphatic rings. The summed E-state index contributed by atoms with van der Waals surface area (Å²) in [7, 11) is -3.37. The maximum Gasteiger partial charge on any atom is 0.238 e. The number of hydrogen-bond acceptors (Lipinski definition) is 4. The Morgan fingerprint density at radius 2 is 1.85 bits per heavy atom. The highest BCUT2D eigenvalue weighted by atomic mass is 35.5. The van der Waals surface area contributed by atoms with Gasteiger partial charge < -0.3 is 11.1 Å². The molecule has 1 aliphatic heterocycles. The number of nitrogens with one attached hydrogen (secondary N) is 1. The number of benzene rings is 1. The Bertz CT molecular complexity index is 707. The zero-order valence-electron chi connectivity index (χ0n) is 16.3. The molecule has 6 nitrogen and oxygen atoms in total. The summed E-state index contributed by atoms with van der Waals surface area (Å²) in [6.45, 7) is 6.80. The van der Waals surface area contributed by atoms with Gasteiger partial charge in [0.05, 0.1) is 5.75 Å². The van der Waals surface area contributed by atoms with Gasteiger partial charge in [-0.15, -0.1) is 12.4 Å². The SMILES string of the molecule is CCCS(=O)(=O)N1CCCC1C(=O)NCC(N)c1ccc(C(C)C)cc1.Cl. The highest BCUT2D eigenvalue weighted by Crippen LogP contribution is 2.22. The van der Waals surface area contributed by atoms with Gasteiger partial charge in [-0.3, -0.25) is 4.79 Å². The molecule has 1 saturated heterocycles. The van der Waals surface area contributed by atoms with Gasteiger partial charge in [0.2, 0.25) is 15.9 Å². The molecule has 0 aliphatic carbocycles. The molecule has 0 spiro atoms. The van der Waals surface area contributed by atoms with E-state index < -0.39 is 16.1 Å². The Labute approximate surface area is 169 Å². The van der Waals surface area contributed by atoms with E-state index in [9.17, 15) is 13.2 Å². The van der Waals surface area contributed by atoms with Gasteiger partial charge in [0.25, 0.3) is 0 Å². The number of halogens is 1. The van der Waals surface area contributed by atoms with Gasteiger partial charge >= 0.3 is 0 Å². The van der Waals surface area contributed by atoms with Gasteiger partial charge in [0.1, 0.15) is 6.04 Å². The Morgan fingerprint density at radius 3 is 2.41 bits per heavy atom. The van der Waals surface area contributed by atoms with E-state index in [0.29, 0.717) is 31.7 Å². The largest absolute Gasteiger partial charge is 0.353 e. The first-order valence-electron chi connectivity index (χ1n) is 9.39. The van der Waals surface area contributed by atoms with E-state index in [1.807, 2.05) is 19.1 Å². The van der Waals surface area contributed by atoms with Gasteiger partial charge in [-0.05, 0) is 36.3 Å². The Balaban J connectivity index is 0.00000364. The third kappa shape index (κ3) is 6.17. The first-order chi connectivity index (χ1) is 12.3. The molecule has 154 valence electrons. The number of carbonyl (C=O) groups is 1. The van der Waals surface area contributed by atoms with Crippen molar-refractivity contribution in [3.8, 4) is 0 Å². The van der Waals surface area contributed by atoms with Crippen LogP contribution in [0, 0.1) is 0 Å². The van der Waals surface area contributed by atoms with Crippen LogP contribution in [0.3, 0.4) is 0 Å². The van der Waals surface area contributed by atoms with Crippen molar-refractivity contribution in [1.29, 1.82) is 0 Å². The summed E-state index contributed by atoms with van der Waals surface area (Å²) in [4.78, 5) is 12.5. The Hall–Kier alpha value is -1.15. The fraction of sp³-hybridized carbons (Fsp3) is 0.632. The van der Waals surface area contributed by atoms with Crippen molar-refractivity contribution in [3.63, 3.8) is 0 Å². The second-order valence-corrected chi connectivity index (χ2v) is 9.30. The van der Waals surface area contributed by atoms with Crippen LogP contribution in [-0.2, 0) is 14.8 Å². The van der Waals surface area contributed by atoms with Gasteiger partial charge in [-0.25, -0.2) is 8.42 Å². The van der Waals surface area contributed by atoms with Crippen LogP contribution in [0.4, 0.5) is 0 Å². The molecule has 1 aromatic rings. The van der Waals surface area contributed by atoms with E-state index in [0.717, 1.165) is 5.56 Å². The summed E-state index contributed by atoms with van der Waals surface area (Å²) >= 11 is 0. The molecule has 8 heteroatoms. The summed E-state index contributed by atoms with van der Waals surface area (Å²) in [5.41, 5.74) is 8.39. The molecule has 2 rings (SSSR count). The zero-order chi connectivity index (χ0) is 19.3. The van der Waals surface area contributed by atoms with Crippen molar-refractivity contribution in [2.24, 2.45) is 5.73 Å². The van der Waals surface area contributed by atoms with Crippen molar-refractivity contribution in [1.82, 2.24) is 9.62 Å². The molecule has 0 saturated carbocycles. The van der Waals surface area contributed by atoms with Crippen molar-refractivity contribution < 1.29 is 13.2 Å². The quantitative estimate of drug-likeness (QED) is 0.679. The lowest BCUT2D eigenvalue weighted by Crippen LogP contribution is -2.47. The highest BCUT2D eigenvalue weighted by Gasteiger charge is 2.37. The second kappa shape index (κ2) is 10.4. The van der Waals surface area contributed by atoms with Crippen LogP contribution in [0.5, 0.6) is 0 Å². The monoisotopic (exact) mass is 417 g/mol. The molecule has 27 heavy (non-hydrogen) atoms. The number of sulfonamides is 1. The number of rotatable bonds is 8. The lowest BCUT2D eigenvalue weighted by Gasteiger charge is -2.24. The van der Waals surface area contributed by atoms with E-state index in [4.69, 9.17) is 5.73 Å². The van der Waals surface area contributed by atoms with Crippen LogP contribution < -0.4 is 11.1 Å². The number of amides is 1. The summed E-state index contributed by atoms with van der Waals surface area (Å²) < 4.78 is 26.0. The third-order valence-electron chi connectivity index (χ3n) is 4.85. The molecular formula is C19H32ClN3O3S. The van der Waals surface area contributed by atoms with Gasteiger partial charge in [-0.2, -0.15) is 4.31 Å². The van der Waals surface area contributed by atoms with Crippen LogP contribution in [-0.4, -0.2) is 43.5 Å². The predicted molar refractivity (Wildman–Crippen MR) is 112 cm³/mol. The van der Waals surface area contributed by atoms with Gasteiger partial charge in [0, 0.05) is 19.1 Å². The minimum absolute atomic E-state index is 0. The van der Waals surface area contributed by atoms with E-state index in [1.54, 1.807) is 0 Å². The van der Waals surface area contributed by atoms with Crippen LogP contribution in [0.2, 0.25) is 0 Å². The van der Waals surface area contributed by atoms with E-state index >= 15 is 0 Å². The maximum absolute atomic E-state index is 12.5. The number of nitrogens with two attached hydrogens (primary N) is 1. The van der Waals surface area contributed by atoms with Crippen LogP contribution in [0.1, 0.15) is 63.1 Å². The molecule has 0 aromatic heterocycles. The molecule has 3 N–H and O–H groups in total. The topological polar surface area (TPSA) is 92.5 Å². The van der Waals surface area contributed by atoms with E-state index in [-0.39, 0.29) is 36.7 Å². The summed E-state index contributed by atoms with van der Waals surface area (Å²) in [6.07, 6.45) is 1.82. The van der Waals surface area contributed by atoms with E-state index in [1.165, 1.54) is 9.87 Å². The standard InChI is InChI=1S/C19H31N3O3S.ClH/c1-4-12-26(24,25)22-11-5-6-18(22)19(23)21-13-17(20)16-9-7-15(8-10-16)14(2)3;/h7-10,14,17-18H,4-6,11-13,20H2,1-3H3,(H,21,23);1H. The summed E-state index contributed by atoms with van der Waals surface area (Å²) in [5, 5.41) is 2.83. The molecular weight excluding hydrogens is 386 g/mol. The number of hydrogen-bond donors (Lipinski definition) is 2. The second-order valence-electron chi connectivity index (χ2n) is 7.26. The minimum atomic E-state index is -3.37. The minimum Gasteiger partial charge on any atom is -0.353 e. The molecule has 2 atom stereocenters. The van der Waals surface area contributed by atoms with Crippen molar-refractivity contribution >= 4 is 28.3 Å².